The summed E-state index contributed by atoms with van der Waals surface area (Å²) in [6.45, 7) is 2.33. The lowest BCUT2D eigenvalue weighted by Crippen LogP contribution is -2.27. The lowest BCUT2D eigenvalue weighted by atomic mass is 10.1. The maximum Gasteiger partial charge on any atom is 0.0341 e. The average Bonchev–Trinajstić information content (AvgIpc) is 2.96. The number of nitrogens with zero attached hydrogens (tertiary/aromatic N) is 1. The quantitative estimate of drug-likeness (QED) is 0.817. The van der Waals surface area contributed by atoms with Gasteiger partial charge in [0.2, 0.25) is 0 Å². The van der Waals surface area contributed by atoms with Gasteiger partial charge in [-0.1, -0.05) is 18.9 Å². The molecule has 86 valence electrons. The Hall–Kier alpha value is -1.02. The van der Waals surface area contributed by atoms with E-state index in [0.29, 0.717) is 0 Å². The zero-order valence-corrected chi connectivity index (χ0v) is 10.00. The number of benzene rings is 1. The van der Waals surface area contributed by atoms with Crippen molar-refractivity contribution in [1.82, 2.24) is 4.90 Å². The zero-order valence-electron chi connectivity index (χ0n) is 10.00. The average molecular weight is 216 g/mol. The van der Waals surface area contributed by atoms with Crippen molar-refractivity contribution in [3.8, 4) is 0 Å². The summed E-state index contributed by atoms with van der Waals surface area (Å²) in [5.74, 6) is 0. The van der Waals surface area contributed by atoms with Gasteiger partial charge in [-0.2, -0.15) is 0 Å². The van der Waals surface area contributed by atoms with Crippen molar-refractivity contribution < 1.29 is 0 Å². The third-order valence-corrected chi connectivity index (χ3v) is 4.08. The minimum Gasteiger partial charge on any atom is -0.388 e. The van der Waals surface area contributed by atoms with Crippen LogP contribution in [0.5, 0.6) is 0 Å². The third-order valence-electron chi connectivity index (χ3n) is 4.08. The summed E-state index contributed by atoms with van der Waals surface area (Å²) < 4.78 is 0. The minimum atomic E-state index is 0.852. The van der Waals surface area contributed by atoms with E-state index in [1.165, 1.54) is 49.0 Å². The molecule has 2 nitrogen and oxygen atoms in total. The van der Waals surface area contributed by atoms with Gasteiger partial charge < -0.3 is 5.32 Å². The van der Waals surface area contributed by atoms with Crippen molar-refractivity contribution in [2.75, 3.05) is 12.4 Å². The molecule has 2 aliphatic rings. The molecule has 0 atom stereocenters. The van der Waals surface area contributed by atoms with Gasteiger partial charge in [-0.25, -0.2) is 0 Å². The SMILES string of the molecule is CNc1ccc2c(c1)CN(C1CCCC1)C2. The molecular formula is C14H20N2. The first kappa shape index (κ1) is 10.2. The van der Waals surface area contributed by atoms with Crippen molar-refractivity contribution in [3.05, 3.63) is 29.3 Å². The van der Waals surface area contributed by atoms with Gasteiger partial charge >= 0.3 is 0 Å². The fourth-order valence-electron chi connectivity index (χ4n) is 3.10. The molecule has 16 heavy (non-hydrogen) atoms. The Bertz CT molecular complexity index is 380. The molecule has 1 aromatic rings. The van der Waals surface area contributed by atoms with Crippen LogP contribution in [0, 0.1) is 0 Å². The molecule has 2 heteroatoms. The summed E-state index contributed by atoms with van der Waals surface area (Å²) in [5, 5.41) is 3.22. The highest BCUT2D eigenvalue weighted by Crippen LogP contribution is 2.32. The van der Waals surface area contributed by atoms with Crippen LogP contribution in [0.25, 0.3) is 0 Å². The van der Waals surface area contributed by atoms with Gasteiger partial charge in [0.1, 0.15) is 0 Å². The molecule has 0 unspecified atom stereocenters. The zero-order chi connectivity index (χ0) is 11.0. The second kappa shape index (κ2) is 4.10. The Balaban J connectivity index is 1.77. The van der Waals surface area contributed by atoms with Crippen LogP contribution < -0.4 is 5.32 Å². The molecule has 1 aliphatic carbocycles. The number of anilines is 1. The molecule has 3 rings (SSSR count). The molecule has 1 heterocycles. The maximum atomic E-state index is 3.22. The van der Waals surface area contributed by atoms with Crippen LogP contribution in [-0.2, 0) is 13.1 Å². The first-order valence-electron chi connectivity index (χ1n) is 6.40. The highest BCUT2D eigenvalue weighted by molar-refractivity contribution is 5.49. The summed E-state index contributed by atoms with van der Waals surface area (Å²) >= 11 is 0. The van der Waals surface area contributed by atoms with Gasteiger partial charge in [0.25, 0.3) is 0 Å². The third kappa shape index (κ3) is 1.71. The van der Waals surface area contributed by atoms with Crippen LogP contribution in [0.4, 0.5) is 5.69 Å². The molecule has 1 N–H and O–H groups in total. The predicted molar refractivity (Wildman–Crippen MR) is 67.5 cm³/mol. The summed E-state index contributed by atoms with van der Waals surface area (Å²) in [5.41, 5.74) is 4.30. The van der Waals surface area contributed by atoms with Crippen LogP contribution in [-0.4, -0.2) is 18.0 Å². The summed E-state index contributed by atoms with van der Waals surface area (Å²) in [4.78, 5) is 2.66. The monoisotopic (exact) mass is 216 g/mol. The van der Waals surface area contributed by atoms with E-state index in [1.54, 1.807) is 0 Å². The molecule has 1 saturated carbocycles. The molecule has 0 radical (unpaired) electrons. The standard InChI is InChI=1S/C14H20N2/c1-15-13-7-6-11-9-16(10-12(11)8-13)14-4-2-3-5-14/h6-8,14-15H,2-5,9-10H2,1H3. The Labute approximate surface area is 97.6 Å². The number of hydrogen-bond donors (Lipinski definition) is 1. The van der Waals surface area contributed by atoms with Gasteiger partial charge in [-0.15, -0.1) is 0 Å². The van der Waals surface area contributed by atoms with E-state index >= 15 is 0 Å². The van der Waals surface area contributed by atoms with Crippen molar-refractivity contribution in [3.63, 3.8) is 0 Å². The minimum absolute atomic E-state index is 0.852. The topological polar surface area (TPSA) is 15.3 Å². The second-order valence-corrected chi connectivity index (χ2v) is 5.08. The first-order chi connectivity index (χ1) is 7.86. The van der Waals surface area contributed by atoms with E-state index in [9.17, 15) is 0 Å². The molecular weight excluding hydrogens is 196 g/mol. The van der Waals surface area contributed by atoms with Crippen molar-refractivity contribution in [2.24, 2.45) is 0 Å². The molecule has 0 aromatic heterocycles. The molecule has 0 bridgehead atoms. The van der Waals surface area contributed by atoms with E-state index < -0.39 is 0 Å². The van der Waals surface area contributed by atoms with E-state index in [4.69, 9.17) is 0 Å². The molecule has 1 fully saturated rings. The van der Waals surface area contributed by atoms with Crippen LogP contribution in [0.1, 0.15) is 36.8 Å². The Kier molecular flexibility index (Phi) is 2.60. The van der Waals surface area contributed by atoms with Crippen molar-refractivity contribution in [1.29, 1.82) is 0 Å². The Morgan fingerprint density at radius 2 is 1.88 bits per heavy atom. The fraction of sp³-hybridized carbons (Fsp3) is 0.571. The van der Waals surface area contributed by atoms with Gasteiger partial charge in [0, 0.05) is 31.9 Å². The van der Waals surface area contributed by atoms with E-state index in [0.717, 1.165) is 12.6 Å². The lowest BCUT2D eigenvalue weighted by molar-refractivity contribution is 0.202. The second-order valence-electron chi connectivity index (χ2n) is 5.08. The molecule has 0 saturated heterocycles. The molecule has 0 spiro atoms. The molecule has 1 aliphatic heterocycles. The van der Waals surface area contributed by atoms with Crippen molar-refractivity contribution in [2.45, 2.75) is 44.8 Å². The van der Waals surface area contributed by atoms with Gasteiger partial charge in [-0.3, -0.25) is 4.90 Å². The number of fused-ring (bicyclic) bond motifs is 1. The van der Waals surface area contributed by atoms with E-state index in [1.807, 2.05) is 7.05 Å². The first-order valence-corrected chi connectivity index (χ1v) is 6.40. The maximum absolute atomic E-state index is 3.22. The van der Waals surface area contributed by atoms with E-state index in [-0.39, 0.29) is 0 Å². The molecule has 1 aromatic carbocycles. The summed E-state index contributed by atoms with van der Waals surface area (Å²) in [7, 11) is 1.99. The predicted octanol–water partition coefficient (Wildman–Crippen LogP) is 2.99. The van der Waals surface area contributed by atoms with Crippen LogP contribution >= 0.6 is 0 Å². The van der Waals surface area contributed by atoms with Gasteiger partial charge in [0.05, 0.1) is 0 Å². The summed E-state index contributed by atoms with van der Waals surface area (Å²) in [6, 6.07) is 7.64. The number of nitrogens with one attached hydrogen (secondary N) is 1. The lowest BCUT2D eigenvalue weighted by Gasteiger charge is -2.22. The van der Waals surface area contributed by atoms with Gasteiger partial charge in [-0.05, 0) is 36.1 Å². The van der Waals surface area contributed by atoms with Crippen LogP contribution in [0.2, 0.25) is 0 Å². The highest BCUT2D eigenvalue weighted by atomic mass is 15.2. The highest BCUT2D eigenvalue weighted by Gasteiger charge is 2.27. The van der Waals surface area contributed by atoms with Crippen LogP contribution in [0.15, 0.2) is 18.2 Å². The van der Waals surface area contributed by atoms with Crippen LogP contribution in [0.3, 0.4) is 0 Å². The number of hydrogen-bond acceptors (Lipinski definition) is 2. The largest absolute Gasteiger partial charge is 0.388 e. The fourth-order valence-corrected chi connectivity index (χ4v) is 3.10. The Morgan fingerprint density at radius 1 is 1.12 bits per heavy atom. The van der Waals surface area contributed by atoms with Gasteiger partial charge in [0.15, 0.2) is 0 Å². The molecule has 0 amide bonds. The normalized spacial score (nSPS) is 21.3. The Morgan fingerprint density at radius 3 is 2.62 bits per heavy atom. The summed E-state index contributed by atoms with van der Waals surface area (Å²) in [6.07, 6.45) is 5.68. The van der Waals surface area contributed by atoms with E-state index in [2.05, 4.69) is 28.4 Å². The van der Waals surface area contributed by atoms with Crippen molar-refractivity contribution >= 4 is 5.69 Å². The number of rotatable bonds is 2. The smallest absolute Gasteiger partial charge is 0.0341 e.